The molecule has 2 aromatic rings. The Labute approximate surface area is 113 Å². The number of benzene rings is 2. The molecule has 0 amide bonds. The molecule has 0 bridgehead atoms. The van der Waals surface area contributed by atoms with Crippen LogP contribution in [0, 0.1) is 0 Å². The molecule has 0 aliphatic heterocycles. The van der Waals surface area contributed by atoms with E-state index < -0.39 is 6.23 Å². The summed E-state index contributed by atoms with van der Waals surface area (Å²) in [6.07, 6.45) is -0.1000. The molecule has 19 heavy (non-hydrogen) atoms. The van der Waals surface area contributed by atoms with Crippen molar-refractivity contribution in [2.75, 3.05) is 0 Å². The van der Waals surface area contributed by atoms with Gasteiger partial charge in [0.25, 0.3) is 0 Å². The van der Waals surface area contributed by atoms with Crippen molar-refractivity contribution in [3.8, 4) is 5.75 Å². The number of phenolic OH excluding ortho intramolecular Hbond substituents is 1. The molecule has 3 nitrogen and oxygen atoms in total. The summed E-state index contributed by atoms with van der Waals surface area (Å²) >= 11 is 0. The molecule has 0 spiro atoms. The molecule has 0 radical (unpaired) electrons. The third-order valence-corrected chi connectivity index (χ3v) is 3.11. The Balaban J connectivity index is 1.90. The van der Waals surface area contributed by atoms with Crippen LogP contribution in [0.3, 0.4) is 0 Å². The molecule has 0 aliphatic rings. The zero-order valence-corrected chi connectivity index (χ0v) is 11.0. The minimum Gasteiger partial charge on any atom is -0.508 e. The van der Waals surface area contributed by atoms with Gasteiger partial charge in [0.2, 0.25) is 0 Å². The first-order valence-corrected chi connectivity index (χ1v) is 6.42. The Morgan fingerprint density at radius 1 is 1.00 bits per heavy atom. The van der Waals surface area contributed by atoms with Crippen LogP contribution in [0.25, 0.3) is 0 Å². The molecule has 3 heteroatoms. The minimum absolute atomic E-state index is 0.0910. The summed E-state index contributed by atoms with van der Waals surface area (Å²) in [6, 6.07) is 17.0. The smallest absolute Gasteiger partial charge is 0.115 e. The maximum absolute atomic E-state index is 10.0. The first-order chi connectivity index (χ1) is 9.15. The molecule has 0 saturated carbocycles. The average Bonchev–Trinajstić information content (AvgIpc) is 2.42. The van der Waals surface area contributed by atoms with E-state index in [4.69, 9.17) is 0 Å². The third kappa shape index (κ3) is 4.09. The lowest BCUT2D eigenvalue weighted by molar-refractivity contribution is 0.125. The van der Waals surface area contributed by atoms with Crippen molar-refractivity contribution < 1.29 is 10.2 Å². The Kier molecular flexibility index (Phi) is 4.55. The largest absolute Gasteiger partial charge is 0.508 e. The summed E-state index contributed by atoms with van der Waals surface area (Å²) in [5.74, 6) is 0.240. The quantitative estimate of drug-likeness (QED) is 0.722. The lowest BCUT2D eigenvalue weighted by atomic mass is 10.1. The van der Waals surface area contributed by atoms with Gasteiger partial charge in [-0.25, -0.2) is 0 Å². The Morgan fingerprint density at radius 2 is 1.63 bits per heavy atom. The zero-order chi connectivity index (χ0) is 13.7. The van der Waals surface area contributed by atoms with E-state index in [9.17, 15) is 10.2 Å². The third-order valence-electron chi connectivity index (χ3n) is 3.11. The van der Waals surface area contributed by atoms with Gasteiger partial charge in [0, 0.05) is 12.5 Å². The summed E-state index contributed by atoms with van der Waals surface area (Å²) in [6.45, 7) is 2.02. The van der Waals surface area contributed by atoms with E-state index in [0.717, 1.165) is 11.1 Å². The first-order valence-electron chi connectivity index (χ1n) is 6.42. The fourth-order valence-electron chi connectivity index (χ4n) is 2.04. The summed E-state index contributed by atoms with van der Waals surface area (Å²) in [5.41, 5.74) is 2.13. The number of hydrogen-bond donors (Lipinski definition) is 3. The van der Waals surface area contributed by atoms with Crippen molar-refractivity contribution in [2.24, 2.45) is 0 Å². The summed E-state index contributed by atoms with van der Waals surface area (Å²) < 4.78 is 0. The SMILES string of the molecule is CC(NC(O)Cc1ccc(O)cc1)c1ccccc1. The molecule has 2 unspecified atom stereocenters. The molecule has 2 aromatic carbocycles. The molecule has 3 N–H and O–H groups in total. The van der Waals surface area contributed by atoms with E-state index in [2.05, 4.69) is 5.32 Å². The van der Waals surface area contributed by atoms with Crippen LogP contribution in [0.15, 0.2) is 54.6 Å². The molecular weight excluding hydrogens is 238 g/mol. The molecule has 0 aromatic heterocycles. The van der Waals surface area contributed by atoms with E-state index in [-0.39, 0.29) is 11.8 Å². The summed E-state index contributed by atoms with van der Waals surface area (Å²) in [4.78, 5) is 0. The first kappa shape index (κ1) is 13.6. The fraction of sp³-hybridized carbons (Fsp3) is 0.250. The Morgan fingerprint density at radius 3 is 2.26 bits per heavy atom. The van der Waals surface area contributed by atoms with Crippen LogP contribution >= 0.6 is 0 Å². The monoisotopic (exact) mass is 257 g/mol. The van der Waals surface area contributed by atoms with Crippen LogP contribution in [0.4, 0.5) is 0 Å². The lowest BCUT2D eigenvalue weighted by Crippen LogP contribution is -2.33. The zero-order valence-electron chi connectivity index (χ0n) is 11.0. The predicted molar refractivity (Wildman–Crippen MR) is 75.8 cm³/mol. The highest BCUT2D eigenvalue weighted by atomic mass is 16.3. The highest BCUT2D eigenvalue weighted by Gasteiger charge is 2.10. The average molecular weight is 257 g/mol. The normalized spacial score (nSPS) is 14.0. The summed E-state index contributed by atoms with van der Waals surface area (Å²) in [5, 5.41) is 22.4. The number of aliphatic hydroxyl groups is 1. The number of rotatable bonds is 5. The van der Waals surface area contributed by atoms with E-state index in [1.807, 2.05) is 49.4 Å². The lowest BCUT2D eigenvalue weighted by Gasteiger charge is -2.19. The second-order valence-corrected chi connectivity index (χ2v) is 4.69. The van der Waals surface area contributed by atoms with Gasteiger partial charge >= 0.3 is 0 Å². The highest BCUT2D eigenvalue weighted by Crippen LogP contribution is 2.14. The van der Waals surface area contributed by atoms with Crippen molar-refractivity contribution >= 4 is 0 Å². The van der Waals surface area contributed by atoms with Gasteiger partial charge in [0.05, 0.1) is 0 Å². The predicted octanol–water partition coefficient (Wildman–Crippen LogP) is 2.60. The van der Waals surface area contributed by atoms with Crippen LogP contribution in [-0.2, 0) is 6.42 Å². The molecule has 2 rings (SSSR count). The van der Waals surface area contributed by atoms with Crippen molar-refractivity contribution in [2.45, 2.75) is 25.6 Å². The maximum Gasteiger partial charge on any atom is 0.115 e. The number of nitrogens with one attached hydrogen (secondary N) is 1. The highest BCUT2D eigenvalue weighted by molar-refractivity contribution is 5.26. The number of hydrogen-bond acceptors (Lipinski definition) is 3. The topological polar surface area (TPSA) is 52.5 Å². The molecule has 0 fully saturated rings. The molecule has 0 aliphatic carbocycles. The van der Waals surface area contributed by atoms with E-state index in [1.54, 1.807) is 12.1 Å². The van der Waals surface area contributed by atoms with Crippen molar-refractivity contribution in [1.29, 1.82) is 0 Å². The molecule has 0 heterocycles. The van der Waals surface area contributed by atoms with Gasteiger partial charge in [-0.05, 0) is 30.2 Å². The van der Waals surface area contributed by atoms with Crippen molar-refractivity contribution in [3.63, 3.8) is 0 Å². The Bertz CT molecular complexity index is 496. The van der Waals surface area contributed by atoms with Crippen LogP contribution < -0.4 is 5.32 Å². The van der Waals surface area contributed by atoms with Gasteiger partial charge in [-0.1, -0.05) is 42.5 Å². The van der Waals surface area contributed by atoms with Crippen molar-refractivity contribution in [3.05, 3.63) is 65.7 Å². The van der Waals surface area contributed by atoms with E-state index in [1.165, 1.54) is 0 Å². The van der Waals surface area contributed by atoms with Gasteiger partial charge in [0.15, 0.2) is 0 Å². The van der Waals surface area contributed by atoms with Crippen LogP contribution in [0.2, 0.25) is 0 Å². The van der Waals surface area contributed by atoms with Crippen molar-refractivity contribution in [1.82, 2.24) is 5.32 Å². The molecule has 0 saturated heterocycles. The molecule has 100 valence electrons. The fourth-order valence-corrected chi connectivity index (χ4v) is 2.04. The van der Waals surface area contributed by atoms with Gasteiger partial charge in [-0.3, -0.25) is 5.32 Å². The number of aromatic hydroxyl groups is 1. The second kappa shape index (κ2) is 6.36. The van der Waals surface area contributed by atoms with Crippen LogP contribution in [0.5, 0.6) is 5.75 Å². The standard InChI is InChI=1S/C16H19NO2/c1-12(14-5-3-2-4-6-14)17-16(19)11-13-7-9-15(18)10-8-13/h2-10,12,16-19H,11H2,1H3. The maximum atomic E-state index is 10.0. The minimum atomic E-state index is -0.611. The van der Waals surface area contributed by atoms with Gasteiger partial charge in [-0.15, -0.1) is 0 Å². The van der Waals surface area contributed by atoms with Gasteiger partial charge in [-0.2, -0.15) is 0 Å². The van der Waals surface area contributed by atoms with Gasteiger partial charge in [0.1, 0.15) is 12.0 Å². The number of aliphatic hydroxyl groups excluding tert-OH is 1. The second-order valence-electron chi connectivity index (χ2n) is 4.69. The molecule has 2 atom stereocenters. The van der Waals surface area contributed by atoms with E-state index >= 15 is 0 Å². The van der Waals surface area contributed by atoms with Crippen LogP contribution in [0.1, 0.15) is 24.1 Å². The van der Waals surface area contributed by atoms with Gasteiger partial charge < -0.3 is 10.2 Å². The van der Waals surface area contributed by atoms with Crippen LogP contribution in [-0.4, -0.2) is 16.4 Å². The molecular formula is C16H19NO2. The number of phenols is 1. The summed E-state index contributed by atoms with van der Waals surface area (Å²) in [7, 11) is 0. The van der Waals surface area contributed by atoms with E-state index in [0.29, 0.717) is 6.42 Å². The Hall–Kier alpha value is -1.84.